The van der Waals surface area contributed by atoms with Crippen LogP contribution in [0.25, 0.3) is 0 Å². The van der Waals surface area contributed by atoms with E-state index in [9.17, 15) is 4.79 Å². The molecule has 0 atom stereocenters. The van der Waals surface area contributed by atoms with Crippen molar-refractivity contribution < 1.29 is 9.90 Å². The van der Waals surface area contributed by atoms with Gasteiger partial charge in [-0.1, -0.05) is 69.2 Å². The maximum Gasteiger partial charge on any atom is 0.328 e. The first-order chi connectivity index (χ1) is 11.2. The third kappa shape index (κ3) is 8.14. The molecule has 0 saturated carbocycles. The lowest BCUT2D eigenvalue weighted by molar-refractivity contribution is -0.131. The van der Waals surface area contributed by atoms with Crippen LogP contribution in [0, 0.1) is 5.41 Å². The van der Waals surface area contributed by atoms with Crippen LogP contribution in [0.4, 0.5) is 0 Å². The topological polar surface area (TPSA) is 37.3 Å². The highest BCUT2D eigenvalue weighted by atomic mass is 16.4. The quantitative estimate of drug-likeness (QED) is 0.454. The van der Waals surface area contributed by atoms with E-state index in [1.165, 1.54) is 36.5 Å². The number of allylic oxidation sites excluding steroid dienone is 9. The van der Waals surface area contributed by atoms with Crippen LogP contribution in [0.5, 0.6) is 0 Å². The Kier molecular flexibility index (Phi) is 10.0. The predicted molar refractivity (Wildman–Crippen MR) is 105 cm³/mol. The van der Waals surface area contributed by atoms with E-state index in [1.807, 2.05) is 26.0 Å². The molecule has 134 valence electrons. The summed E-state index contributed by atoms with van der Waals surface area (Å²) in [4.78, 5) is 10.5. The van der Waals surface area contributed by atoms with Crippen LogP contribution in [-0.2, 0) is 4.79 Å². The van der Waals surface area contributed by atoms with Gasteiger partial charge < -0.3 is 5.11 Å². The molecule has 0 spiro atoms. The van der Waals surface area contributed by atoms with Crippen molar-refractivity contribution in [1.82, 2.24) is 0 Å². The lowest BCUT2D eigenvalue weighted by Gasteiger charge is -2.32. The number of rotatable bonds is 5. The number of carboxylic acids is 1. The highest BCUT2D eigenvalue weighted by Gasteiger charge is 2.26. The van der Waals surface area contributed by atoms with E-state index in [2.05, 4.69) is 39.8 Å². The van der Waals surface area contributed by atoms with E-state index >= 15 is 0 Å². The van der Waals surface area contributed by atoms with Crippen molar-refractivity contribution in [2.24, 2.45) is 5.41 Å². The Bertz CT molecular complexity index is 567. The number of carboxylic acid groups (broad SMARTS) is 1. The number of aliphatic carboxylic acids is 1. The van der Waals surface area contributed by atoms with E-state index in [-0.39, 0.29) is 5.41 Å². The SMILES string of the molecule is CC.CC1=C(/C=C/C(C)=C/C=C/C(C)=C/C(=O)O)C(C)(C)CCC1. The molecule has 0 aromatic heterocycles. The summed E-state index contributed by atoms with van der Waals surface area (Å²) >= 11 is 0. The van der Waals surface area contributed by atoms with Crippen molar-refractivity contribution in [2.75, 3.05) is 0 Å². The Morgan fingerprint density at radius 3 is 2.29 bits per heavy atom. The standard InChI is InChI=1S/C20H28O2.C2H6/c1-15(8-6-9-16(2)14-19(21)22)11-12-18-17(3)10-7-13-20(18,4)5;1-2/h6,8-9,11-12,14H,7,10,13H2,1-5H3,(H,21,22);1-2H3/b9-6+,12-11+,15-8+,16-14+;. The van der Waals surface area contributed by atoms with Gasteiger partial charge in [0.05, 0.1) is 0 Å². The Labute approximate surface area is 148 Å². The van der Waals surface area contributed by atoms with Gasteiger partial charge in [0.2, 0.25) is 0 Å². The summed E-state index contributed by atoms with van der Waals surface area (Å²) in [7, 11) is 0. The van der Waals surface area contributed by atoms with Gasteiger partial charge in [0.25, 0.3) is 0 Å². The largest absolute Gasteiger partial charge is 0.478 e. The second-order valence-corrected chi connectivity index (χ2v) is 6.76. The summed E-state index contributed by atoms with van der Waals surface area (Å²) in [6.07, 6.45) is 15.0. The predicted octanol–water partition coefficient (Wildman–Crippen LogP) is 6.63. The van der Waals surface area contributed by atoms with Crippen LogP contribution in [0.1, 0.15) is 67.7 Å². The lowest BCUT2D eigenvalue weighted by Crippen LogP contribution is -2.19. The molecule has 0 bridgehead atoms. The molecular weight excluding hydrogens is 296 g/mol. The van der Waals surface area contributed by atoms with Crippen LogP contribution in [0.3, 0.4) is 0 Å². The summed E-state index contributed by atoms with van der Waals surface area (Å²) in [5.74, 6) is -0.912. The minimum absolute atomic E-state index is 0.260. The van der Waals surface area contributed by atoms with Crippen molar-refractivity contribution in [3.05, 3.63) is 58.7 Å². The molecular formula is C22H34O2. The Morgan fingerprint density at radius 1 is 1.12 bits per heavy atom. The molecule has 0 heterocycles. The summed E-state index contributed by atoms with van der Waals surface area (Å²) in [6.45, 7) is 14.7. The molecule has 2 heteroatoms. The molecule has 0 unspecified atom stereocenters. The molecule has 1 N–H and O–H groups in total. The Balaban J connectivity index is 0.00000254. The van der Waals surface area contributed by atoms with E-state index in [1.54, 1.807) is 13.0 Å². The van der Waals surface area contributed by atoms with Crippen LogP contribution in [-0.4, -0.2) is 11.1 Å². The van der Waals surface area contributed by atoms with Gasteiger partial charge in [0.15, 0.2) is 0 Å². The minimum Gasteiger partial charge on any atom is -0.478 e. The molecule has 0 aromatic carbocycles. The van der Waals surface area contributed by atoms with Gasteiger partial charge in [-0.3, -0.25) is 0 Å². The van der Waals surface area contributed by atoms with Gasteiger partial charge >= 0.3 is 5.97 Å². The third-order valence-corrected chi connectivity index (χ3v) is 4.12. The number of carbonyl (C=O) groups is 1. The van der Waals surface area contributed by atoms with Gasteiger partial charge in [-0.15, -0.1) is 0 Å². The Hall–Kier alpha value is -1.83. The zero-order valence-electron chi connectivity index (χ0n) is 16.4. The van der Waals surface area contributed by atoms with Crippen LogP contribution < -0.4 is 0 Å². The first kappa shape index (κ1) is 22.2. The highest BCUT2D eigenvalue weighted by Crippen LogP contribution is 2.40. The fourth-order valence-electron chi connectivity index (χ4n) is 2.88. The van der Waals surface area contributed by atoms with Crippen LogP contribution in [0.15, 0.2) is 58.7 Å². The fraction of sp³-hybridized carbons (Fsp3) is 0.500. The van der Waals surface area contributed by atoms with Crippen molar-refractivity contribution in [2.45, 2.75) is 67.7 Å². The molecule has 0 saturated heterocycles. The van der Waals surface area contributed by atoms with Crippen molar-refractivity contribution in [3.8, 4) is 0 Å². The number of hydrogen-bond acceptors (Lipinski definition) is 1. The molecule has 0 fully saturated rings. The van der Waals surface area contributed by atoms with Gasteiger partial charge in [0, 0.05) is 6.08 Å². The van der Waals surface area contributed by atoms with Crippen LogP contribution >= 0.6 is 0 Å². The average Bonchev–Trinajstić information content (AvgIpc) is 2.47. The van der Waals surface area contributed by atoms with Crippen LogP contribution in [0.2, 0.25) is 0 Å². The van der Waals surface area contributed by atoms with Crippen molar-refractivity contribution in [3.63, 3.8) is 0 Å². The van der Waals surface area contributed by atoms with Gasteiger partial charge in [-0.2, -0.15) is 0 Å². The van der Waals surface area contributed by atoms with E-state index < -0.39 is 5.97 Å². The summed E-state index contributed by atoms with van der Waals surface area (Å²) < 4.78 is 0. The van der Waals surface area contributed by atoms with E-state index in [4.69, 9.17) is 5.11 Å². The molecule has 0 aromatic rings. The van der Waals surface area contributed by atoms with Crippen molar-refractivity contribution in [1.29, 1.82) is 0 Å². The second-order valence-electron chi connectivity index (χ2n) is 6.76. The number of hydrogen-bond donors (Lipinski definition) is 1. The summed E-state index contributed by atoms with van der Waals surface area (Å²) in [5.41, 5.74) is 5.09. The molecule has 1 rings (SSSR count). The molecule has 2 nitrogen and oxygen atoms in total. The monoisotopic (exact) mass is 330 g/mol. The first-order valence-electron chi connectivity index (χ1n) is 8.87. The average molecular weight is 331 g/mol. The smallest absolute Gasteiger partial charge is 0.328 e. The zero-order chi connectivity index (χ0) is 18.8. The molecule has 0 aliphatic heterocycles. The molecule has 0 amide bonds. The van der Waals surface area contributed by atoms with Gasteiger partial charge in [-0.25, -0.2) is 4.79 Å². The van der Waals surface area contributed by atoms with Gasteiger partial charge in [-0.05, 0) is 56.6 Å². The molecule has 1 aliphatic rings. The normalized spacial score (nSPS) is 18.8. The molecule has 0 radical (unpaired) electrons. The minimum atomic E-state index is -0.912. The second kappa shape index (κ2) is 10.9. The van der Waals surface area contributed by atoms with Gasteiger partial charge in [0.1, 0.15) is 0 Å². The Morgan fingerprint density at radius 2 is 1.75 bits per heavy atom. The molecule has 24 heavy (non-hydrogen) atoms. The molecule has 1 aliphatic carbocycles. The maximum absolute atomic E-state index is 10.5. The lowest BCUT2D eigenvalue weighted by atomic mass is 9.72. The van der Waals surface area contributed by atoms with Crippen molar-refractivity contribution >= 4 is 5.97 Å². The zero-order valence-corrected chi connectivity index (χ0v) is 16.4. The third-order valence-electron chi connectivity index (χ3n) is 4.12. The summed E-state index contributed by atoms with van der Waals surface area (Å²) in [5, 5.41) is 8.65. The van der Waals surface area contributed by atoms with E-state index in [0.29, 0.717) is 0 Å². The summed E-state index contributed by atoms with van der Waals surface area (Å²) in [6, 6.07) is 0. The maximum atomic E-state index is 10.5. The fourth-order valence-corrected chi connectivity index (χ4v) is 2.88. The van der Waals surface area contributed by atoms with E-state index in [0.717, 1.165) is 11.1 Å². The highest BCUT2D eigenvalue weighted by molar-refractivity contribution is 5.81. The first-order valence-corrected chi connectivity index (χ1v) is 8.87.